The molecule has 1 saturated heterocycles. The number of fused-ring (bicyclic) bond motifs is 1. The van der Waals surface area contributed by atoms with Gasteiger partial charge in [-0.25, -0.2) is 19.4 Å². The molecule has 1 saturated carbocycles. The predicted octanol–water partition coefficient (Wildman–Crippen LogP) is 0.923. The Kier molecular flexibility index (Phi) is 4.37. The van der Waals surface area contributed by atoms with Gasteiger partial charge in [-0.05, 0) is 12.8 Å². The Morgan fingerprint density at radius 2 is 1.88 bits per heavy atom. The van der Waals surface area contributed by atoms with Crippen molar-refractivity contribution in [3.63, 3.8) is 0 Å². The van der Waals surface area contributed by atoms with Crippen LogP contribution < -0.4 is 10.2 Å². The highest BCUT2D eigenvalue weighted by atomic mass is 16.2. The predicted molar refractivity (Wildman–Crippen MR) is 93.3 cm³/mol. The maximum absolute atomic E-state index is 12.5. The van der Waals surface area contributed by atoms with Crippen LogP contribution >= 0.6 is 0 Å². The van der Waals surface area contributed by atoms with Gasteiger partial charge in [0.15, 0.2) is 17.0 Å². The number of carbonyl (C=O) groups excluding carboxylic acids is 1. The van der Waals surface area contributed by atoms with Crippen LogP contribution in [0.25, 0.3) is 11.2 Å². The smallest absolute Gasteiger partial charge is 0.317 e. The summed E-state index contributed by atoms with van der Waals surface area (Å²) in [5.74, 6) is 0.797. The second-order valence-corrected chi connectivity index (χ2v) is 6.84. The summed E-state index contributed by atoms with van der Waals surface area (Å²) in [6, 6.07) is 0.416. The lowest BCUT2D eigenvalue weighted by Gasteiger charge is -2.36. The summed E-state index contributed by atoms with van der Waals surface area (Å²) < 4.78 is 1.65. The number of hydrogen-bond donors (Lipinski definition) is 1. The molecule has 2 aromatic rings. The number of amides is 2. The van der Waals surface area contributed by atoms with Gasteiger partial charge in [0.2, 0.25) is 0 Å². The molecule has 1 aliphatic carbocycles. The summed E-state index contributed by atoms with van der Waals surface area (Å²) in [5, 5.41) is 11.4. The summed E-state index contributed by atoms with van der Waals surface area (Å²) in [6.45, 7) is 2.84. The van der Waals surface area contributed by atoms with Gasteiger partial charge in [0.05, 0.1) is 0 Å². The summed E-state index contributed by atoms with van der Waals surface area (Å²) in [5.41, 5.74) is 1.44. The average molecular weight is 344 g/mol. The van der Waals surface area contributed by atoms with E-state index in [9.17, 15) is 4.79 Å². The van der Waals surface area contributed by atoms with Crippen molar-refractivity contribution in [3.8, 4) is 0 Å². The molecule has 2 amide bonds. The molecule has 1 N–H and O–H groups in total. The number of anilines is 1. The zero-order chi connectivity index (χ0) is 17.2. The Hall–Kier alpha value is -2.45. The van der Waals surface area contributed by atoms with E-state index in [0.29, 0.717) is 24.6 Å². The molecule has 0 aromatic carbocycles. The van der Waals surface area contributed by atoms with Gasteiger partial charge in [-0.2, -0.15) is 0 Å². The molecule has 0 radical (unpaired) electrons. The van der Waals surface area contributed by atoms with Gasteiger partial charge in [-0.3, -0.25) is 0 Å². The largest absolute Gasteiger partial charge is 0.351 e. The molecule has 9 nitrogen and oxygen atoms in total. The molecule has 2 aliphatic rings. The Balaban J connectivity index is 1.38. The Bertz CT molecular complexity index is 746. The van der Waals surface area contributed by atoms with Gasteiger partial charge in [0.1, 0.15) is 6.33 Å². The van der Waals surface area contributed by atoms with Crippen molar-refractivity contribution in [1.29, 1.82) is 0 Å². The zero-order valence-corrected chi connectivity index (χ0v) is 14.6. The highest BCUT2D eigenvalue weighted by molar-refractivity contribution is 5.82. The lowest BCUT2D eigenvalue weighted by molar-refractivity contribution is 0.186. The van der Waals surface area contributed by atoms with E-state index in [1.807, 2.05) is 11.9 Å². The van der Waals surface area contributed by atoms with Crippen molar-refractivity contribution in [2.45, 2.75) is 38.1 Å². The first-order chi connectivity index (χ1) is 12.2. The number of nitrogens with zero attached hydrogens (tertiary/aromatic N) is 7. The number of piperazine rings is 1. The first kappa shape index (κ1) is 16.0. The first-order valence-corrected chi connectivity index (χ1v) is 9.03. The summed E-state index contributed by atoms with van der Waals surface area (Å²) in [6.07, 6.45) is 7.50. The molecule has 0 atom stereocenters. The lowest BCUT2D eigenvalue weighted by Crippen LogP contribution is -2.53. The lowest BCUT2D eigenvalue weighted by atomic mass is 9.96. The van der Waals surface area contributed by atoms with Crippen LogP contribution in [-0.2, 0) is 7.05 Å². The zero-order valence-electron chi connectivity index (χ0n) is 14.6. The molecular formula is C16H24N8O. The Labute approximate surface area is 146 Å². The molecule has 3 heterocycles. The number of rotatable bonds is 2. The molecule has 25 heavy (non-hydrogen) atoms. The molecule has 0 unspecified atom stereocenters. The van der Waals surface area contributed by atoms with E-state index < -0.39 is 0 Å². The van der Waals surface area contributed by atoms with Gasteiger partial charge in [0, 0.05) is 39.3 Å². The highest BCUT2D eigenvalue weighted by Gasteiger charge is 2.26. The summed E-state index contributed by atoms with van der Waals surface area (Å²) in [7, 11) is 1.82. The van der Waals surface area contributed by atoms with Gasteiger partial charge >= 0.3 is 6.03 Å². The summed E-state index contributed by atoms with van der Waals surface area (Å²) in [4.78, 5) is 25.1. The van der Waals surface area contributed by atoms with E-state index in [0.717, 1.165) is 37.4 Å². The number of urea groups is 1. The minimum absolute atomic E-state index is 0.0684. The standard InChI is InChI=1S/C16H24N8O/c1-22-14-13(20-21-22)15(18-11-17-14)23-7-9-24(10-8-23)16(25)19-12-5-3-2-4-6-12/h11-12H,2-10H2,1H3,(H,19,25). The molecule has 0 bridgehead atoms. The van der Waals surface area contributed by atoms with Gasteiger partial charge in [-0.15, -0.1) is 5.10 Å². The van der Waals surface area contributed by atoms with Crippen LogP contribution in [0.4, 0.5) is 10.6 Å². The number of aromatic nitrogens is 5. The monoisotopic (exact) mass is 344 g/mol. The number of hydrogen-bond acceptors (Lipinski definition) is 6. The van der Waals surface area contributed by atoms with Gasteiger partial charge in [0.25, 0.3) is 0 Å². The highest BCUT2D eigenvalue weighted by Crippen LogP contribution is 2.22. The van der Waals surface area contributed by atoms with E-state index in [1.165, 1.54) is 19.3 Å². The number of carbonyl (C=O) groups is 1. The van der Waals surface area contributed by atoms with E-state index >= 15 is 0 Å². The van der Waals surface area contributed by atoms with E-state index in [2.05, 4.69) is 30.5 Å². The van der Waals surface area contributed by atoms with Crippen molar-refractivity contribution in [3.05, 3.63) is 6.33 Å². The van der Waals surface area contributed by atoms with Crippen LogP contribution in [0.5, 0.6) is 0 Å². The van der Waals surface area contributed by atoms with Crippen LogP contribution in [0.3, 0.4) is 0 Å². The van der Waals surface area contributed by atoms with Crippen molar-refractivity contribution >= 4 is 23.0 Å². The average Bonchev–Trinajstić information content (AvgIpc) is 3.04. The molecule has 9 heteroatoms. The summed E-state index contributed by atoms with van der Waals surface area (Å²) >= 11 is 0. The molecule has 2 fully saturated rings. The normalized spacial score (nSPS) is 19.4. The van der Waals surface area contributed by atoms with Crippen molar-refractivity contribution < 1.29 is 4.79 Å². The quantitative estimate of drug-likeness (QED) is 0.871. The van der Waals surface area contributed by atoms with E-state index in [-0.39, 0.29) is 6.03 Å². The first-order valence-electron chi connectivity index (χ1n) is 9.03. The Morgan fingerprint density at radius 1 is 1.12 bits per heavy atom. The second kappa shape index (κ2) is 6.81. The fraction of sp³-hybridized carbons (Fsp3) is 0.688. The van der Waals surface area contributed by atoms with E-state index in [1.54, 1.807) is 11.0 Å². The van der Waals surface area contributed by atoms with Gasteiger partial charge < -0.3 is 15.1 Å². The molecule has 4 rings (SSSR count). The second-order valence-electron chi connectivity index (χ2n) is 6.84. The Morgan fingerprint density at radius 3 is 2.64 bits per heavy atom. The third-order valence-electron chi connectivity index (χ3n) is 5.17. The maximum Gasteiger partial charge on any atom is 0.317 e. The fourth-order valence-corrected chi connectivity index (χ4v) is 3.71. The fourth-order valence-electron chi connectivity index (χ4n) is 3.71. The van der Waals surface area contributed by atoms with Crippen LogP contribution in [-0.4, -0.2) is 68.1 Å². The maximum atomic E-state index is 12.5. The van der Waals surface area contributed by atoms with Crippen LogP contribution in [0.15, 0.2) is 6.33 Å². The minimum atomic E-state index is 0.0684. The van der Waals surface area contributed by atoms with Crippen molar-refractivity contribution in [2.24, 2.45) is 7.05 Å². The van der Waals surface area contributed by atoms with Crippen LogP contribution in [0.1, 0.15) is 32.1 Å². The molecule has 134 valence electrons. The molecule has 1 aliphatic heterocycles. The molecule has 2 aromatic heterocycles. The third kappa shape index (κ3) is 3.22. The van der Waals surface area contributed by atoms with Crippen molar-refractivity contribution in [2.75, 3.05) is 31.1 Å². The van der Waals surface area contributed by atoms with Crippen LogP contribution in [0.2, 0.25) is 0 Å². The SMILES string of the molecule is Cn1nnc2c(N3CCN(C(=O)NC4CCCCC4)CC3)ncnc21. The number of aryl methyl sites for hydroxylation is 1. The number of nitrogens with one attached hydrogen (secondary N) is 1. The van der Waals surface area contributed by atoms with E-state index in [4.69, 9.17) is 0 Å². The van der Waals surface area contributed by atoms with Gasteiger partial charge in [-0.1, -0.05) is 24.5 Å². The third-order valence-corrected chi connectivity index (χ3v) is 5.17. The van der Waals surface area contributed by atoms with Crippen LogP contribution in [0, 0.1) is 0 Å². The topological polar surface area (TPSA) is 92.1 Å². The minimum Gasteiger partial charge on any atom is -0.351 e. The molecular weight excluding hydrogens is 320 g/mol. The van der Waals surface area contributed by atoms with Crippen molar-refractivity contribution in [1.82, 2.24) is 35.2 Å². The molecule has 0 spiro atoms.